The van der Waals surface area contributed by atoms with Crippen LogP contribution < -0.4 is 10.1 Å². The van der Waals surface area contributed by atoms with Gasteiger partial charge in [-0.05, 0) is 63.7 Å². The highest BCUT2D eigenvalue weighted by Gasteiger charge is 2.20. The molecule has 1 atom stereocenters. The van der Waals surface area contributed by atoms with Gasteiger partial charge in [-0.25, -0.2) is 0 Å². The van der Waals surface area contributed by atoms with Gasteiger partial charge in [0, 0.05) is 7.11 Å². The average molecular weight is 293 g/mol. The molecule has 0 amide bonds. The molecule has 0 radical (unpaired) electrons. The molecular weight excluding hydrogens is 262 g/mol. The molecule has 1 aromatic carbocycles. The number of rotatable bonds is 10. The number of hydrogen-bond donors (Lipinski definition) is 1. The molecule has 120 valence electrons. The first-order valence-electron chi connectivity index (χ1n) is 7.90. The Labute approximate surface area is 130 Å². The van der Waals surface area contributed by atoms with Gasteiger partial charge >= 0.3 is 0 Å². The third-order valence-corrected chi connectivity index (χ3v) is 4.09. The van der Waals surface area contributed by atoms with Gasteiger partial charge in [0.2, 0.25) is 0 Å². The summed E-state index contributed by atoms with van der Waals surface area (Å²) in [5.41, 5.74) is 1.24. The summed E-state index contributed by atoms with van der Waals surface area (Å²) >= 11 is 0. The summed E-state index contributed by atoms with van der Waals surface area (Å²) in [6, 6.07) is 8.31. The number of para-hydroxylation sites is 1. The molecule has 1 unspecified atom stereocenters. The van der Waals surface area contributed by atoms with Crippen molar-refractivity contribution in [1.82, 2.24) is 5.32 Å². The maximum Gasteiger partial charge on any atom is 0.122 e. The molecule has 0 aliphatic rings. The maximum atomic E-state index is 5.54. The van der Waals surface area contributed by atoms with Crippen LogP contribution in [0.15, 0.2) is 24.3 Å². The van der Waals surface area contributed by atoms with Crippen LogP contribution in [0.25, 0.3) is 0 Å². The summed E-state index contributed by atoms with van der Waals surface area (Å²) < 4.78 is 11.0. The lowest BCUT2D eigenvalue weighted by Crippen LogP contribution is -2.28. The molecule has 0 bridgehead atoms. The number of methoxy groups -OCH3 is 2. The van der Waals surface area contributed by atoms with Crippen LogP contribution in [0, 0.1) is 5.92 Å². The van der Waals surface area contributed by atoms with E-state index in [1.54, 1.807) is 14.2 Å². The predicted molar refractivity (Wildman–Crippen MR) is 89.1 cm³/mol. The summed E-state index contributed by atoms with van der Waals surface area (Å²) in [6.07, 6.45) is 3.25. The highest BCUT2D eigenvalue weighted by atomic mass is 16.5. The molecule has 1 aromatic rings. The van der Waals surface area contributed by atoms with E-state index in [0.29, 0.717) is 5.92 Å². The van der Waals surface area contributed by atoms with Crippen LogP contribution in [-0.4, -0.2) is 32.9 Å². The Bertz CT molecular complexity index is 404. The standard InChI is InChI=1S/C18H31NO2/c1-6-19-14-15(11-12-18(2,3)21-5)13-16-9-7-8-10-17(16)20-4/h7-10,15,19H,6,11-14H2,1-5H3. The van der Waals surface area contributed by atoms with Gasteiger partial charge in [-0.2, -0.15) is 0 Å². The number of ether oxygens (including phenoxy) is 2. The van der Waals surface area contributed by atoms with E-state index < -0.39 is 0 Å². The summed E-state index contributed by atoms with van der Waals surface area (Å²) in [5, 5.41) is 3.48. The second kappa shape index (κ2) is 9.06. The second-order valence-corrected chi connectivity index (χ2v) is 6.19. The molecular formula is C18H31NO2. The van der Waals surface area contributed by atoms with Crippen molar-refractivity contribution < 1.29 is 9.47 Å². The van der Waals surface area contributed by atoms with Gasteiger partial charge < -0.3 is 14.8 Å². The molecule has 3 nitrogen and oxygen atoms in total. The lowest BCUT2D eigenvalue weighted by atomic mass is 9.89. The van der Waals surface area contributed by atoms with Crippen LogP contribution in [0.4, 0.5) is 0 Å². The van der Waals surface area contributed by atoms with E-state index in [0.717, 1.165) is 38.1 Å². The van der Waals surface area contributed by atoms with Gasteiger partial charge in [0.05, 0.1) is 12.7 Å². The zero-order valence-electron chi connectivity index (χ0n) is 14.2. The molecule has 0 heterocycles. The average Bonchev–Trinajstić information content (AvgIpc) is 2.50. The van der Waals surface area contributed by atoms with Crippen molar-refractivity contribution in [2.75, 3.05) is 27.3 Å². The molecule has 0 fully saturated rings. The molecule has 21 heavy (non-hydrogen) atoms. The zero-order valence-corrected chi connectivity index (χ0v) is 14.2. The van der Waals surface area contributed by atoms with Crippen LogP contribution in [0.3, 0.4) is 0 Å². The van der Waals surface area contributed by atoms with Crippen LogP contribution >= 0.6 is 0 Å². The van der Waals surface area contributed by atoms with E-state index in [2.05, 4.69) is 38.2 Å². The minimum atomic E-state index is -0.0504. The summed E-state index contributed by atoms with van der Waals surface area (Å²) in [4.78, 5) is 0. The lowest BCUT2D eigenvalue weighted by molar-refractivity contribution is 0.0104. The van der Waals surface area contributed by atoms with Crippen molar-refractivity contribution in [2.45, 2.75) is 45.6 Å². The van der Waals surface area contributed by atoms with Gasteiger partial charge in [-0.3, -0.25) is 0 Å². The molecule has 1 rings (SSSR count). The van der Waals surface area contributed by atoms with E-state index in [1.807, 2.05) is 12.1 Å². The minimum Gasteiger partial charge on any atom is -0.496 e. The number of nitrogens with one attached hydrogen (secondary N) is 1. The molecule has 0 saturated heterocycles. The fraction of sp³-hybridized carbons (Fsp3) is 0.667. The first kappa shape index (κ1) is 18.0. The Kier molecular flexibility index (Phi) is 7.76. The van der Waals surface area contributed by atoms with Crippen LogP contribution in [0.2, 0.25) is 0 Å². The van der Waals surface area contributed by atoms with Gasteiger partial charge in [0.1, 0.15) is 5.75 Å². The van der Waals surface area contributed by atoms with Crippen molar-refractivity contribution in [3.63, 3.8) is 0 Å². The molecule has 0 saturated carbocycles. The highest BCUT2D eigenvalue weighted by Crippen LogP contribution is 2.25. The van der Waals surface area contributed by atoms with Gasteiger partial charge in [-0.1, -0.05) is 25.1 Å². The Morgan fingerprint density at radius 1 is 1.19 bits per heavy atom. The van der Waals surface area contributed by atoms with Crippen molar-refractivity contribution in [3.8, 4) is 5.75 Å². The van der Waals surface area contributed by atoms with E-state index in [4.69, 9.17) is 9.47 Å². The third kappa shape index (κ3) is 6.49. The van der Waals surface area contributed by atoms with Crippen molar-refractivity contribution in [2.24, 2.45) is 5.92 Å². The SMILES string of the molecule is CCNCC(CCC(C)(C)OC)Cc1ccccc1OC. The quantitative estimate of drug-likeness (QED) is 0.714. The Morgan fingerprint density at radius 2 is 1.90 bits per heavy atom. The zero-order chi connectivity index (χ0) is 15.7. The van der Waals surface area contributed by atoms with Crippen molar-refractivity contribution in [3.05, 3.63) is 29.8 Å². The topological polar surface area (TPSA) is 30.5 Å². The van der Waals surface area contributed by atoms with Crippen LogP contribution in [0.5, 0.6) is 5.75 Å². The Balaban J connectivity index is 2.68. The molecule has 0 spiro atoms. The van der Waals surface area contributed by atoms with E-state index in [-0.39, 0.29) is 5.60 Å². The van der Waals surface area contributed by atoms with E-state index in [9.17, 15) is 0 Å². The number of hydrogen-bond acceptors (Lipinski definition) is 3. The summed E-state index contributed by atoms with van der Waals surface area (Å²) in [5.74, 6) is 1.58. The fourth-order valence-corrected chi connectivity index (χ4v) is 2.46. The van der Waals surface area contributed by atoms with Crippen LogP contribution in [-0.2, 0) is 11.2 Å². The van der Waals surface area contributed by atoms with E-state index in [1.165, 1.54) is 5.56 Å². The Hall–Kier alpha value is -1.06. The molecule has 3 heteroatoms. The van der Waals surface area contributed by atoms with Crippen molar-refractivity contribution >= 4 is 0 Å². The first-order chi connectivity index (χ1) is 10.0. The van der Waals surface area contributed by atoms with Crippen LogP contribution in [0.1, 0.15) is 39.2 Å². The predicted octanol–water partition coefficient (Wildman–Crippen LogP) is 3.67. The summed E-state index contributed by atoms with van der Waals surface area (Å²) in [7, 11) is 3.53. The smallest absolute Gasteiger partial charge is 0.122 e. The lowest BCUT2D eigenvalue weighted by Gasteiger charge is -2.26. The fourth-order valence-electron chi connectivity index (χ4n) is 2.46. The maximum absolute atomic E-state index is 5.54. The third-order valence-electron chi connectivity index (χ3n) is 4.09. The highest BCUT2D eigenvalue weighted by molar-refractivity contribution is 5.33. The van der Waals surface area contributed by atoms with Gasteiger partial charge in [-0.15, -0.1) is 0 Å². The van der Waals surface area contributed by atoms with E-state index >= 15 is 0 Å². The Morgan fingerprint density at radius 3 is 2.52 bits per heavy atom. The summed E-state index contributed by atoms with van der Waals surface area (Å²) in [6.45, 7) is 8.50. The monoisotopic (exact) mass is 293 g/mol. The molecule has 0 aliphatic carbocycles. The van der Waals surface area contributed by atoms with Gasteiger partial charge in [0.15, 0.2) is 0 Å². The minimum absolute atomic E-state index is 0.0504. The largest absolute Gasteiger partial charge is 0.496 e. The molecule has 0 aliphatic heterocycles. The first-order valence-corrected chi connectivity index (χ1v) is 7.90. The van der Waals surface area contributed by atoms with Gasteiger partial charge in [0.25, 0.3) is 0 Å². The normalized spacial score (nSPS) is 13.2. The second-order valence-electron chi connectivity index (χ2n) is 6.19. The molecule has 1 N–H and O–H groups in total. The van der Waals surface area contributed by atoms with Crippen molar-refractivity contribution in [1.29, 1.82) is 0 Å². The number of benzene rings is 1. The molecule has 0 aromatic heterocycles.